The summed E-state index contributed by atoms with van der Waals surface area (Å²) < 4.78 is 28.6. The largest absolute Gasteiger partial charge is 0.338 e. The fraction of sp³-hybridized carbons (Fsp3) is 0. The number of halogens is 2. The summed E-state index contributed by atoms with van der Waals surface area (Å²) in [6.45, 7) is 0. The Bertz CT molecular complexity index is 939. The van der Waals surface area contributed by atoms with Crippen LogP contribution in [0.5, 0.6) is 0 Å². The Morgan fingerprint density at radius 3 is 2.95 bits per heavy atom. The molecule has 0 unspecified atom stereocenters. The lowest BCUT2D eigenvalue weighted by molar-refractivity contribution is 0.591. The van der Waals surface area contributed by atoms with Gasteiger partial charge in [0, 0.05) is 12.3 Å². The second-order valence-electron chi connectivity index (χ2n) is 4.46. The van der Waals surface area contributed by atoms with Crippen LogP contribution in [0.15, 0.2) is 42.7 Å². The Labute approximate surface area is 111 Å². The lowest BCUT2D eigenvalue weighted by Crippen LogP contribution is -1.84. The van der Waals surface area contributed by atoms with Gasteiger partial charge in [0.1, 0.15) is 17.2 Å². The Kier molecular flexibility index (Phi) is 2.14. The van der Waals surface area contributed by atoms with E-state index in [1.54, 1.807) is 10.7 Å². The van der Waals surface area contributed by atoms with E-state index in [9.17, 15) is 8.78 Å². The van der Waals surface area contributed by atoms with Gasteiger partial charge in [0.25, 0.3) is 0 Å². The average molecular weight is 270 g/mol. The number of hydrogen-bond acceptors (Lipinski definition) is 2. The third kappa shape index (κ3) is 1.51. The van der Waals surface area contributed by atoms with E-state index in [1.165, 1.54) is 6.07 Å². The van der Waals surface area contributed by atoms with E-state index < -0.39 is 11.6 Å². The topological polar surface area (TPSA) is 46.0 Å². The highest BCUT2D eigenvalue weighted by Gasteiger charge is 2.14. The van der Waals surface area contributed by atoms with Crippen LogP contribution in [-0.4, -0.2) is 19.6 Å². The Morgan fingerprint density at radius 1 is 1.15 bits per heavy atom. The molecule has 20 heavy (non-hydrogen) atoms. The van der Waals surface area contributed by atoms with Crippen LogP contribution >= 0.6 is 0 Å². The summed E-state index contributed by atoms with van der Waals surface area (Å²) in [5.74, 6) is -0.852. The zero-order valence-corrected chi connectivity index (χ0v) is 10.1. The summed E-state index contributed by atoms with van der Waals surface area (Å²) >= 11 is 0. The SMILES string of the molecule is Fc1cc(F)c2nc(-c3cnn4ccccc34)[nH]c2c1. The van der Waals surface area contributed by atoms with Gasteiger partial charge < -0.3 is 4.98 Å². The monoisotopic (exact) mass is 270 g/mol. The Hall–Kier alpha value is -2.76. The molecule has 1 aromatic carbocycles. The maximum absolute atomic E-state index is 13.7. The lowest BCUT2D eigenvalue weighted by atomic mass is 10.2. The van der Waals surface area contributed by atoms with Crippen LogP contribution in [0.2, 0.25) is 0 Å². The number of nitrogens with zero attached hydrogens (tertiary/aromatic N) is 3. The fourth-order valence-electron chi connectivity index (χ4n) is 2.29. The first kappa shape index (κ1) is 11.1. The van der Waals surface area contributed by atoms with Crippen molar-refractivity contribution < 1.29 is 8.78 Å². The quantitative estimate of drug-likeness (QED) is 0.577. The molecule has 0 spiro atoms. The molecule has 0 aliphatic rings. The molecule has 4 nitrogen and oxygen atoms in total. The van der Waals surface area contributed by atoms with Gasteiger partial charge in [-0.25, -0.2) is 18.3 Å². The van der Waals surface area contributed by atoms with E-state index in [0.717, 1.165) is 17.1 Å². The van der Waals surface area contributed by atoms with Crippen LogP contribution in [0.4, 0.5) is 8.78 Å². The number of aromatic nitrogens is 4. The molecular weight excluding hydrogens is 262 g/mol. The van der Waals surface area contributed by atoms with Crippen molar-refractivity contribution in [2.24, 2.45) is 0 Å². The molecule has 0 atom stereocenters. The van der Waals surface area contributed by atoms with Crippen molar-refractivity contribution >= 4 is 16.6 Å². The summed E-state index contributed by atoms with van der Waals surface area (Å²) in [5, 5.41) is 4.19. The lowest BCUT2D eigenvalue weighted by Gasteiger charge is -1.93. The van der Waals surface area contributed by atoms with Crippen LogP contribution in [0, 0.1) is 11.6 Å². The molecule has 0 radical (unpaired) electrons. The Balaban J connectivity index is 2.01. The zero-order valence-electron chi connectivity index (χ0n) is 10.1. The van der Waals surface area contributed by atoms with Crippen LogP contribution in [0.1, 0.15) is 0 Å². The molecule has 6 heteroatoms. The van der Waals surface area contributed by atoms with Gasteiger partial charge in [0.2, 0.25) is 0 Å². The summed E-state index contributed by atoms with van der Waals surface area (Å²) in [6.07, 6.45) is 3.45. The highest BCUT2D eigenvalue weighted by Crippen LogP contribution is 2.26. The number of nitrogens with one attached hydrogen (secondary N) is 1. The second kappa shape index (κ2) is 3.86. The van der Waals surface area contributed by atoms with Gasteiger partial charge in [0.15, 0.2) is 5.82 Å². The number of H-pyrrole nitrogens is 1. The van der Waals surface area contributed by atoms with Crippen molar-refractivity contribution in [2.75, 3.05) is 0 Å². The third-order valence-corrected chi connectivity index (χ3v) is 3.19. The number of imidazole rings is 1. The van der Waals surface area contributed by atoms with Crippen molar-refractivity contribution in [3.8, 4) is 11.4 Å². The molecule has 0 saturated carbocycles. The second-order valence-corrected chi connectivity index (χ2v) is 4.46. The minimum atomic E-state index is -0.682. The van der Waals surface area contributed by atoms with E-state index in [2.05, 4.69) is 15.1 Å². The molecule has 0 saturated heterocycles. The van der Waals surface area contributed by atoms with Gasteiger partial charge in [-0.05, 0) is 18.2 Å². The molecule has 0 aliphatic heterocycles. The Morgan fingerprint density at radius 2 is 2.05 bits per heavy atom. The number of rotatable bonds is 1. The molecule has 0 fully saturated rings. The molecule has 0 aliphatic carbocycles. The first-order valence-electron chi connectivity index (χ1n) is 6.00. The van der Waals surface area contributed by atoms with Crippen LogP contribution in [0.3, 0.4) is 0 Å². The molecule has 1 N–H and O–H groups in total. The molecule has 4 rings (SSSR count). The van der Waals surface area contributed by atoms with Crippen molar-refractivity contribution in [1.82, 2.24) is 19.6 Å². The van der Waals surface area contributed by atoms with Gasteiger partial charge in [0.05, 0.1) is 22.8 Å². The number of aromatic amines is 1. The minimum Gasteiger partial charge on any atom is -0.338 e. The molecule has 98 valence electrons. The van der Waals surface area contributed by atoms with Crippen LogP contribution < -0.4 is 0 Å². The summed E-state index contributed by atoms with van der Waals surface area (Å²) in [6, 6.07) is 7.66. The molecule has 3 aromatic heterocycles. The van der Waals surface area contributed by atoms with E-state index in [1.807, 2.05) is 24.4 Å². The number of hydrogen-bond donors (Lipinski definition) is 1. The highest BCUT2D eigenvalue weighted by molar-refractivity contribution is 5.84. The number of pyridine rings is 1. The predicted molar refractivity (Wildman–Crippen MR) is 70.2 cm³/mol. The minimum absolute atomic E-state index is 0.122. The molecular formula is C14H8F2N4. The van der Waals surface area contributed by atoms with Crippen molar-refractivity contribution in [2.45, 2.75) is 0 Å². The van der Waals surface area contributed by atoms with Gasteiger partial charge in [-0.1, -0.05) is 6.07 Å². The van der Waals surface area contributed by atoms with Gasteiger partial charge in [-0.3, -0.25) is 0 Å². The first-order chi connectivity index (χ1) is 9.72. The smallest absolute Gasteiger partial charge is 0.153 e. The van der Waals surface area contributed by atoms with E-state index in [-0.39, 0.29) is 5.52 Å². The molecule has 0 bridgehead atoms. The van der Waals surface area contributed by atoms with Crippen molar-refractivity contribution in [1.29, 1.82) is 0 Å². The highest BCUT2D eigenvalue weighted by atomic mass is 19.1. The van der Waals surface area contributed by atoms with E-state index >= 15 is 0 Å². The standard InChI is InChI=1S/C14H8F2N4/c15-8-5-10(16)13-11(6-8)18-14(19-13)9-7-17-20-4-2-1-3-12(9)20/h1-7H,(H,18,19). The van der Waals surface area contributed by atoms with Gasteiger partial charge >= 0.3 is 0 Å². The maximum Gasteiger partial charge on any atom is 0.153 e. The number of benzene rings is 1. The van der Waals surface area contributed by atoms with Crippen LogP contribution in [-0.2, 0) is 0 Å². The maximum atomic E-state index is 13.7. The van der Waals surface area contributed by atoms with E-state index in [0.29, 0.717) is 11.3 Å². The van der Waals surface area contributed by atoms with E-state index in [4.69, 9.17) is 0 Å². The zero-order chi connectivity index (χ0) is 13.7. The molecule has 0 amide bonds. The van der Waals surface area contributed by atoms with Crippen molar-refractivity contribution in [3.63, 3.8) is 0 Å². The average Bonchev–Trinajstić information content (AvgIpc) is 3.01. The molecule has 3 heterocycles. The van der Waals surface area contributed by atoms with Crippen LogP contribution in [0.25, 0.3) is 27.9 Å². The fourth-order valence-corrected chi connectivity index (χ4v) is 2.29. The summed E-state index contributed by atoms with van der Waals surface area (Å²) in [7, 11) is 0. The van der Waals surface area contributed by atoms with Gasteiger partial charge in [-0.15, -0.1) is 0 Å². The summed E-state index contributed by atoms with van der Waals surface area (Å²) in [4.78, 5) is 7.12. The van der Waals surface area contributed by atoms with Gasteiger partial charge in [-0.2, -0.15) is 5.10 Å². The molecule has 4 aromatic rings. The number of fused-ring (bicyclic) bond motifs is 2. The third-order valence-electron chi connectivity index (χ3n) is 3.19. The summed E-state index contributed by atoms with van der Waals surface area (Å²) in [5.41, 5.74) is 2.03. The normalized spacial score (nSPS) is 11.5. The van der Waals surface area contributed by atoms with Crippen molar-refractivity contribution in [3.05, 3.63) is 54.4 Å². The first-order valence-corrected chi connectivity index (χ1v) is 6.00. The predicted octanol–water partition coefficient (Wildman–Crippen LogP) is 3.16.